The topological polar surface area (TPSA) is 34.0 Å². The second-order valence-corrected chi connectivity index (χ2v) is 20.0. The van der Waals surface area contributed by atoms with E-state index in [1.807, 2.05) is 18.2 Å². The Morgan fingerprint density at radius 2 is 0.880 bits per heavy atom. The molecule has 10 aromatic carbocycles. The summed E-state index contributed by atoms with van der Waals surface area (Å²) in [6.07, 6.45) is 5.73. The molecular weight excluding hydrogens is 909 g/mol. The van der Waals surface area contributed by atoms with Gasteiger partial charge in [0, 0.05) is 50.1 Å². The third-order valence-electron chi connectivity index (χ3n) is 15.4. The Hall–Kier alpha value is -9.64. The Labute approximate surface area is 437 Å². The van der Waals surface area contributed by atoms with Gasteiger partial charge in [0.2, 0.25) is 0 Å². The zero-order valence-electron chi connectivity index (χ0n) is 41.5. The molecule has 2 aliphatic rings. The Morgan fingerprint density at radius 1 is 0.373 bits per heavy atom. The van der Waals surface area contributed by atoms with Crippen molar-refractivity contribution in [2.75, 3.05) is 4.90 Å². The van der Waals surface area contributed by atoms with Gasteiger partial charge in [0.15, 0.2) is 5.82 Å². The molecule has 0 amide bonds. The standard InChI is InChI=1S/C71H50N4/c1-71-40-39-56(49-21-8-3-9-22-49)46-64(71)63-45-55(54-35-37-68-62(44-54)61-33-14-15-34-67(61)74(68)59-30-12-5-13-31-59)36-38-69(63)75(71)60-32-18-27-53(43-60)52-26-17-29-58(42-52)66-47-65(72-70(73-66)50-23-10-4-11-24-50)57-28-16-25-51(41-57)48-19-6-2-7-20-48/h2-39,41-47H,40H2,1H3. The second kappa shape index (κ2) is 18.1. The maximum atomic E-state index is 5.24. The van der Waals surface area contributed by atoms with Gasteiger partial charge in [0.05, 0.1) is 28.0 Å². The van der Waals surface area contributed by atoms with E-state index in [2.05, 4.69) is 271 Å². The van der Waals surface area contributed by atoms with Crippen molar-refractivity contribution in [1.82, 2.24) is 14.5 Å². The van der Waals surface area contributed by atoms with Gasteiger partial charge in [-0.3, -0.25) is 0 Å². The molecular formula is C71H50N4. The number of rotatable bonds is 9. The van der Waals surface area contributed by atoms with Crippen LogP contribution in [-0.4, -0.2) is 20.1 Å². The van der Waals surface area contributed by atoms with E-state index in [0.717, 1.165) is 62.6 Å². The van der Waals surface area contributed by atoms with Crippen molar-refractivity contribution in [2.24, 2.45) is 0 Å². The highest BCUT2D eigenvalue weighted by atomic mass is 15.2. The van der Waals surface area contributed by atoms with E-state index < -0.39 is 0 Å². The van der Waals surface area contributed by atoms with Crippen LogP contribution in [0, 0.1) is 0 Å². The summed E-state index contributed by atoms with van der Waals surface area (Å²) < 4.78 is 2.38. The van der Waals surface area contributed by atoms with Gasteiger partial charge in [-0.25, -0.2) is 9.97 Å². The molecule has 75 heavy (non-hydrogen) atoms. The normalized spacial score (nSPS) is 14.9. The summed E-state index contributed by atoms with van der Waals surface area (Å²) >= 11 is 0. The zero-order valence-corrected chi connectivity index (χ0v) is 41.5. The minimum absolute atomic E-state index is 0.338. The van der Waals surface area contributed by atoms with Crippen molar-refractivity contribution in [1.29, 1.82) is 0 Å². The third-order valence-corrected chi connectivity index (χ3v) is 15.4. The molecule has 1 aliphatic heterocycles. The van der Waals surface area contributed by atoms with Gasteiger partial charge >= 0.3 is 0 Å². The van der Waals surface area contributed by atoms with Gasteiger partial charge in [0.1, 0.15) is 0 Å². The SMILES string of the molecule is CC12CC=C(c3ccccc3)C=C1c1cc(-c3ccc4c(c3)c3ccccc3n4-c3ccccc3)ccc1N2c1cccc(-c2cccc(-c3cc(-c4cccc(-c5ccccc5)c4)nc(-c4ccccc4)n3)c2)c1. The predicted octanol–water partition coefficient (Wildman–Crippen LogP) is 18.4. The summed E-state index contributed by atoms with van der Waals surface area (Å²) in [5.41, 5.74) is 22.5. The maximum Gasteiger partial charge on any atom is 0.160 e. The first-order valence-electron chi connectivity index (χ1n) is 25.9. The van der Waals surface area contributed by atoms with Crippen LogP contribution in [0.2, 0.25) is 0 Å². The first-order chi connectivity index (χ1) is 37.0. The third kappa shape index (κ3) is 7.78. The van der Waals surface area contributed by atoms with Crippen LogP contribution in [0.15, 0.2) is 273 Å². The monoisotopic (exact) mass is 958 g/mol. The number of nitrogens with zero attached hydrogens (tertiary/aromatic N) is 4. The summed E-state index contributed by atoms with van der Waals surface area (Å²) in [5.74, 6) is 0.696. The summed E-state index contributed by atoms with van der Waals surface area (Å²) in [6, 6.07) is 93.9. The molecule has 1 atom stereocenters. The van der Waals surface area contributed by atoms with Crippen molar-refractivity contribution >= 4 is 44.3 Å². The van der Waals surface area contributed by atoms with E-state index in [-0.39, 0.29) is 5.54 Å². The molecule has 0 fully saturated rings. The summed E-state index contributed by atoms with van der Waals surface area (Å²) in [5, 5.41) is 2.50. The lowest BCUT2D eigenvalue weighted by Gasteiger charge is -2.40. The zero-order chi connectivity index (χ0) is 49.9. The van der Waals surface area contributed by atoms with Crippen LogP contribution in [0.5, 0.6) is 0 Å². The molecule has 0 N–H and O–H groups in total. The molecule has 354 valence electrons. The Balaban J connectivity index is 0.860. The molecule has 0 bridgehead atoms. The molecule has 3 heterocycles. The van der Waals surface area contributed by atoms with Crippen LogP contribution in [0.1, 0.15) is 24.5 Å². The maximum absolute atomic E-state index is 5.24. The van der Waals surface area contributed by atoms with Gasteiger partial charge in [-0.2, -0.15) is 0 Å². The molecule has 0 spiro atoms. The summed E-state index contributed by atoms with van der Waals surface area (Å²) in [4.78, 5) is 13.0. The van der Waals surface area contributed by atoms with Gasteiger partial charge in [0.25, 0.3) is 0 Å². The molecule has 2 aromatic heterocycles. The number of fused-ring (bicyclic) bond motifs is 6. The van der Waals surface area contributed by atoms with Crippen molar-refractivity contribution in [3.63, 3.8) is 0 Å². The van der Waals surface area contributed by atoms with E-state index in [1.165, 1.54) is 66.5 Å². The Morgan fingerprint density at radius 3 is 1.59 bits per heavy atom. The highest BCUT2D eigenvalue weighted by molar-refractivity contribution is 6.11. The van der Waals surface area contributed by atoms with E-state index >= 15 is 0 Å². The van der Waals surface area contributed by atoms with Gasteiger partial charge < -0.3 is 9.47 Å². The molecule has 14 rings (SSSR count). The first kappa shape index (κ1) is 44.1. The average molecular weight is 959 g/mol. The van der Waals surface area contributed by atoms with Gasteiger partial charge in [-0.1, -0.05) is 194 Å². The minimum Gasteiger partial charge on any atom is -0.331 e. The smallest absolute Gasteiger partial charge is 0.160 e. The lowest BCUT2D eigenvalue weighted by molar-refractivity contribution is 0.608. The van der Waals surface area contributed by atoms with E-state index in [0.29, 0.717) is 5.82 Å². The number of anilines is 2. The quantitative estimate of drug-likeness (QED) is 0.145. The number of aromatic nitrogens is 3. The van der Waals surface area contributed by atoms with Crippen LogP contribution in [0.3, 0.4) is 0 Å². The largest absolute Gasteiger partial charge is 0.331 e. The fourth-order valence-electron chi connectivity index (χ4n) is 11.7. The lowest BCUT2D eigenvalue weighted by Crippen LogP contribution is -2.40. The van der Waals surface area contributed by atoms with Crippen LogP contribution < -0.4 is 4.90 Å². The Bertz CT molecular complexity index is 4210. The molecule has 0 saturated heterocycles. The number of allylic oxidation sites excluding steroid dienone is 2. The number of para-hydroxylation sites is 2. The van der Waals surface area contributed by atoms with Gasteiger partial charge in [-0.05, 0) is 142 Å². The average Bonchev–Trinajstić information content (AvgIpc) is 4.02. The molecule has 0 saturated carbocycles. The predicted molar refractivity (Wildman–Crippen MR) is 313 cm³/mol. The molecule has 4 heteroatoms. The van der Waals surface area contributed by atoms with E-state index in [1.54, 1.807) is 0 Å². The fourth-order valence-corrected chi connectivity index (χ4v) is 11.7. The Kier molecular flexibility index (Phi) is 10.7. The molecule has 1 aliphatic carbocycles. The van der Waals surface area contributed by atoms with Crippen molar-refractivity contribution in [2.45, 2.75) is 18.9 Å². The van der Waals surface area contributed by atoms with E-state index in [4.69, 9.17) is 9.97 Å². The van der Waals surface area contributed by atoms with Crippen molar-refractivity contribution < 1.29 is 0 Å². The fraction of sp³-hybridized carbons (Fsp3) is 0.0423. The molecule has 1 unspecified atom stereocenters. The summed E-state index contributed by atoms with van der Waals surface area (Å²) in [6.45, 7) is 2.42. The minimum atomic E-state index is -0.338. The van der Waals surface area contributed by atoms with Crippen molar-refractivity contribution in [3.8, 4) is 73.0 Å². The van der Waals surface area contributed by atoms with Crippen LogP contribution in [0.25, 0.3) is 106 Å². The number of hydrogen-bond acceptors (Lipinski definition) is 3. The molecule has 4 nitrogen and oxygen atoms in total. The summed E-state index contributed by atoms with van der Waals surface area (Å²) in [7, 11) is 0. The van der Waals surface area contributed by atoms with Gasteiger partial charge in [-0.15, -0.1) is 0 Å². The number of hydrogen-bond donors (Lipinski definition) is 0. The second-order valence-electron chi connectivity index (χ2n) is 20.0. The highest BCUT2D eigenvalue weighted by Gasteiger charge is 2.46. The van der Waals surface area contributed by atoms with Crippen LogP contribution >= 0.6 is 0 Å². The lowest BCUT2D eigenvalue weighted by atomic mass is 9.79. The molecule has 12 aromatic rings. The van der Waals surface area contributed by atoms with Crippen LogP contribution in [0.4, 0.5) is 11.4 Å². The molecule has 0 radical (unpaired) electrons. The van der Waals surface area contributed by atoms with Crippen molar-refractivity contribution in [3.05, 3.63) is 284 Å². The highest BCUT2D eigenvalue weighted by Crippen LogP contribution is 2.56. The first-order valence-corrected chi connectivity index (χ1v) is 25.9. The van der Waals surface area contributed by atoms with E-state index in [9.17, 15) is 0 Å². The van der Waals surface area contributed by atoms with Crippen LogP contribution in [-0.2, 0) is 0 Å². The number of benzene rings is 10.